The zero-order valence-corrected chi connectivity index (χ0v) is 10.4. The van der Waals surface area contributed by atoms with Crippen molar-refractivity contribution in [1.82, 2.24) is 0 Å². The lowest BCUT2D eigenvalue weighted by atomic mass is 10.1. The second-order valence-electron chi connectivity index (χ2n) is 3.75. The Hall–Kier alpha value is -1.35. The number of rotatable bonds is 4. The highest BCUT2D eigenvalue weighted by Crippen LogP contribution is 2.20. The van der Waals surface area contributed by atoms with Crippen LogP contribution in [0.2, 0.25) is 0 Å². The van der Waals surface area contributed by atoms with Crippen LogP contribution in [-0.4, -0.2) is 25.7 Å². The largest absolute Gasteiger partial charge is 0.372 e. The van der Waals surface area contributed by atoms with Gasteiger partial charge in [0.2, 0.25) is 0 Å². The van der Waals surface area contributed by atoms with Crippen molar-refractivity contribution in [2.75, 3.05) is 18.6 Å². The molecule has 1 unspecified atom stereocenters. The van der Waals surface area contributed by atoms with E-state index in [4.69, 9.17) is 4.74 Å². The molecular weight excluding hydrogens is 202 g/mol. The number of anilines is 1. The first-order valence-corrected chi connectivity index (χ1v) is 5.51. The summed E-state index contributed by atoms with van der Waals surface area (Å²) in [4.78, 5) is 13.8. The number of aryl methyl sites for hydroxylation is 1. The zero-order valence-electron chi connectivity index (χ0n) is 10.4. The Balaban J connectivity index is 2.99. The molecule has 0 aliphatic heterocycles. The molecule has 1 rings (SSSR count). The van der Waals surface area contributed by atoms with Crippen molar-refractivity contribution in [2.45, 2.75) is 26.9 Å². The van der Waals surface area contributed by atoms with Gasteiger partial charge in [0.25, 0.3) is 5.91 Å². The lowest BCUT2D eigenvalue weighted by Crippen LogP contribution is -2.39. The Labute approximate surface area is 97.0 Å². The fourth-order valence-corrected chi connectivity index (χ4v) is 1.63. The highest BCUT2D eigenvalue weighted by atomic mass is 16.5. The molecule has 0 bridgehead atoms. The first-order valence-electron chi connectivity index (χ1n) is 5.51. The van der Waals surface area contributed by atoms with Crippen LogP contribution in [0.3, 0.4) is 0 Å². The van der Waals surface area contributed by atoms with Crippen LogP contribution < -0.4 is 4.90 Å². The maximum absolute atomic E-state index is 12.1. The van der Waals surface area contributed by atoms with Gasteiger partial charge in [0, 0.05) is 19.3 Å². The SMILES string of the molecule is CCN(C(=O)C(C)OC)c1ccccc1C. The fourth-order valence-electron chi connectivity index (χ4n) is 1.63. The lowest BCUT2D eigenvalue weighted by Gasteiger charge is -2.25. The van der Waals surface area contributed by atoms with Crippen molar-refractivity contribution in [3.8, 4) is 0 Å². The fraction of sp³-hybridized carbons (Fsp3) is 0.462. The predicted octanol–water partition coefficient (Wildman–Crippen LogP) is 2.38. The molecule has 0 heterocycles. The third kappa shape index (κ3) is 2.61. The Morgan fingerprint density at radius 2 is 2.06 bits per heavy atom. The van der Waals surface area contributed by atoms with Crippen molar-refractivity contribution in [2.24, 2.45) is 0 Å². The van der Waals surface area contributed by atoms with Crippen LogP contribution in [0.15, 0.2) is 24.3 Å². The molecule has 0 aliphatic rings. The molecule has 0 saturated carbocycles. The van der Waals surface area contributed by atoms with Gasteiger partial charge in [-0.25, -0.2) is 0 Å². The van der Waals surface area contributed by atoms with Crippen molar-refractivity contribution in [1.29, 1.82) is 0 Å². The molecule has 0 aromatic heterocycles. The van der Waals surface area contributed by atoms with E-state index < -0.39 is 6.10 Å². The van der Waals surface area contributed by atoms with Gasteiger partial charge in [0.05, 0.1) is 0 Å². The van der Waals surface area contributed by atoms with Crippen molar-refractivity contribution >= 4 is 11.6 Å². The number of para-hydroxylation sites is 1. The van der Waals surface area contributed by atoms with Gasteiger partial charge >= 0.3 is 0 Å². The predicted molar refractivity (Wildman–Crippen MR) is 65.7 cm³/mol. The third-order valence-electron chi connectivity index (χ3n) is 2.69. The summed E-state index contributed by atoms with van der Waals surface area (Å²) in [6.07, 6.45) is -0.403. The lowest BCUT2D eigenvalue weighted by molar-refractivity contribution is -0.127. The minimum atomic E-state index is -0.403. The quantitative estimate of drug-likeness (QED) is 0.781. The van der Waals surface area contributed by atoms with E-state index >= 15 is 0 Å². The van der Waals surface area contributed by atoms with E-state index in [0.717, 1.165) is 11.3 Å². The molecule has 3 heteroatoms. The molecule has 0 radical (unpaired) electrons. The van der Waals surface area contributed by atoms with E-state index in [0.29, 0.717) is 6.54 Å². The van der Waals surface area contributed by atoms with Gasteiger partial charge in [-0.1, -0.05) is 18.2 Å². The Bertz CT molecular complexity index is 363. The second kappa shape index (κ2) is 5.66. The molecule has 0 N–H and O–H groups in total. The van der Waals surface area contributed by atoms with Crippen LogP contribution in [-0.2, 0) is 9.53 Å². The average molecular weight is 221 g/mol. The molecule has 1 aromatic rings. The van der Waals surface area contributed by atoms with Crippen molar-refractivity contribution < 1.29 is 9.53 Å². The molecule has 88 valence electrons. The summed E-state index contributed by atoms with van der Waals surface area (Å²) < 4.78 is 5.06. The zero-order chi connectivity index (χ0) is 12.1. The number of likely N-dealkylation sites (N-methyl/N-ethyl adjacent to an activating group) is 1. The average Bonchev–Trinajstić information content (AvgIpc) is 2.31. The molecule has 1 atom stereocenters. The molecular formula is C13H19NO2. The molecule has 1 amide bonds. The maximum Gasteiger partial charge on any atom is 0.255 e. The van der Waals surface area contributed by atoms with Gasteiger partial charge in [-0.15, -0.1) is 0 Å². The number of methoxy groups -OCH3 is 1. The van der Waals surface area contributed by atoms with Gasteiger partial charge in [-0.3, -0.25) is 4.79 Å². The molecule has 0 spiro atoms. The van der Waals surface area contributed by atoms with E-state index in [1.165, 1.54) is 0 Å². The number of carbonyl (C=O) groups is 1. The smallest absolute Gasteiger partial charge is 0.255 e. The summed E-state index contributed by atoms with van der Waals surface area (Å²) in [6, 6.07) is 7.87. The van der Waals surface area contributed by atoms with Gasteiger partial charge < -0.3 is 9.64 Å². The summed E-state index contributed by atoms with van der Waals surface area (Å²) in [5, 5.41) is 0. The summed E-state index contributed by atoms with van der Waals surface area (Å²) in [6.45, 7) is 6.39. The molecule has 1 aromatic carbocycles. The minimum Gasteiger partial charge on any atom is -0.372 e. The normalized spacial score (nSPS) is 12.2. The minimum absolute atomic E-state index is 0.000648. The number of benzene rings is 1. The standard InChI is InChI=1S/C13H19NO2/c1-5-14(13(15)11(3)16-4)12-9-7-6-8-10(12)2/h6-9,11H,5H2,1-4H3. The first kappa shape index (κ1) is 12.7. The molecule has 16 heavy (non-hydrogen) atoms. The van der Waals surface area contributed by atoms with E-state index in [-0.39, 0.29) is 5.91 Å². The number of hydrogen-bond acceptors (Lipinski definition) is 2. The Morgan fingerprint density at radius 1 is 1.44 bits per heavy atom. The van der Waals surface area contributed by atoms with E-state index in [1.807, 2.05) is 38.1 Å². The van der Waals surface area contributed by atoms with Crippen molar-refractivity contribution in [3.05, 3.63) is 29.8 Å². The van der Waals surface area contributed by atoms with Crippen LogP contribution in [0, 0.1) is 6.92 Å². The highest BCUT2D eigenvalue weighted by molar-refractivity contribution is 5.96. The van der Waals surface area contributed by atoms with Crippen LogP contribution in [0.1, 0.15) is 19.4 Å². The van der Waals surface area contributed by atoms with Crippen LogP contribution in [0.5, 0.6) is 0 Å². The van der Waals surface area contributed by atoms with E-state index in [9.17, 15) is 4.79 Å². The molecule has 0 fully saturated rings. The van der Waals surface area contributed by atoms with E-state index in [2.05, 4.69) is 0 Å². The molecule has 0 saturated heterocycles. The third-order valence-corrected chi connectivity index (χ3v) is 2.69. The maximum atomic E-state index is 12.1. The summed E-state index contributed by atoms with van der Waals surface area (Å²) in [5.74, 6) is -0.000648. The molecule has 3 nitrogen and oxygen atoms in total. The second-order valence-corrected chi connectivity index (χ2v) is 3.75. The summed E-state index contributed by atoms with van der Waals surface area (Å²) >= 11 is 0. The monoisotopic (exact) mass is 221 g/mol. The number of amides is 1. The van der Waals surface area contributed by atoms with Gasteiger partial charge in [-0.2, -0.15) is 0 Å². The number of hydrogen-bond donors (Lipinski definition) is 0. The Morgan fingerprint density at radius 3 is 2.56 bits per heavy atom. The number of nitrogens with zero attached hydrogens (tertiary/aromatic N) is 1. The summed E-state index contributed by atoms with van der Waals surface area (Å²) in [5.41, 5.74) is 2.06. The van der Waals surface area contributed by atoms with Crippen molar-refractivity contribution in [3.63, 3.8) is 0 Å². The van der Waals surface area contributed by atoms with Crippen LogP contribution in [0.25, 0.3) is 0 Å². The van der Waals surface area contributed by atoms with Gasteiger partial charge in [0.1, 0.15) is 6.10 Å². The van der Waals surface area contributed by atoms with Crippen LogP contribution in [0.4, 0.5) is 5.69 Å². The van der Waals surface area contributed by atoms with E-state index in [1.54, 1.807) is 18.9 Å². The Kier molecular flexibility index (Phi) is 4.50. The van der Waals surface area contributed by atoms with Gasteiger partial charge in [0.15, 0.2) is 0 Å². The topological polar surface area (TPSA) is 29.5 Å². The molecule has 0 aliphatic carbocycles. The van der Waals surface area contributed by atoms with Gasteiger partial charge in [-0.05, 0) is 32.4 Å². The van der Waals surface area contributed by atoms with Crippen LogP contribution >= 0.6 is 0 Å². The number of ether oxygens (including phenoxy) is 1. The summed E-state index contributed by atoms with van der Waals surface area (Å²) in [7, 11) is 1.55. The highest BCUT2D eigenvalue weighted by Gasteiger charge is 2.20. The number of carbonyl (C=O) groups excluding carboxylic acids is 1. The first-order chi connectivity index (χ1) is 7.61.